The molecule has 0 saturated carbocycles. The fourth-order valence-corrected chi connectivity index (χ4v) is 4.19. The smallest absolute Gasteiger partial charge is 0.328 e. The van der Waals surface area contributed by atoms with E-state index in [0.29, 0.717) is 36.2 Å². The second-order valence-corrected chi connectivity index (χ2v) is 8.27. The van der Waals surface area contributed by atoms with E-state index in [1.54, 1.807) is 30.5 Å². The summed E-state index contributed by atoms with van der Waals surface area (Å²) in [4.78, 5) is 49.7. The van der Waals surface area contributed by atoms with E-state index in [9.17, 15) is 19.2 Å². The summed E-state index contributed by atoms with van der Waals surface area (Å²) in [6.07, 6.45) is 9.52. The van der Waals surface area contributed by atoms with E-state index < -0.39 is 11.9 Å². The number of carbonyl (C=O) groups is 4. The van der Waals surface area contributed by atoms with Gasteiger partial charge >= 0.3 is 11.9 Å². The predicted molar refractivity (Wildman–Crippen MR) is 134 cm³/mol. The zero-order valence-corrected chi connectivity index (χ0v) is 19.7. The zero-order chi connectivity index (χ0) is 26.4. The molecule has 2 amide bonds. The van der Waals surface area contributed by atoms with E-state index in [1.165, 1.54) is 15.8 Å². The van der Waals surface area contributed by atoms with Crippen molar-refractivity contribution in [2.24, 2.45) is 0 Å². The van der Waals surface area contributed by atoms with Crippen molar-refractivity contribution in [1.82, 2.24) is 19.0 Å². The van der Waals surface area contributed by atoms with Gasteiger partial charge in [0.2, 0.25) is 0 Å². The molecule has 1 aliphatic heterocycles. The second kappa shape index (κ2) is 11.2. The van der Waals surface area contributed by atoms with Crippen molar-refractivity contribution in [3.8, 4) is 0 Å². The van der Waals surface area contributed by atoms with Crippen LogP contribution in [0.25, 0.3) is 10.9 Å². The van der Waals surface area contributed by atoms with Crippen molar-refractivity contribution in [2.75, 3.05) is 6.54 Å². The quantitative estimate of drug-likeness (QED) is 0.280. The molecule has 2 aromatic carbocycles. The number of hydrogen-bond donors (Lipinski definition) is 2. The number of aryl methyl sites for hydroxylation is 1. The molecule has 3 heterocycles. The van der Waals surface area contributed by atoms with Gasteiger partial charge in [0.05, 0.1) is 24.0 Å². The lowest BCUT2D eigenvalue weighted by atomic mass is 10.1. The summed E-state index contributed by atoms with van der Waals surface area (Å²) in [5.41, 5.74) is 3.39. The maximum absolute atomic E-state index is 12.5. The highest BCUT2D eigenvalue weighted by molar-refractivity contribution is 6.21. The molecule has 0 radical (unpaired) electrons. The molecule has 5 rings (SSSR count). The molecule has 10 heteroatoms. The number of carbonyl (C=O) groups excluding carboxylic acids is 2. The fourth-order valence-electron chi connectivity index (χ4n) is 4.19. The third-order valence-corrected chi connectivity index (χ3v) is 5.81. The third-order valence-electron chi connectivity index (χ3n) is 5.81. The van der Waals surface area contributed by atoms with Gasteiger partial charge in [0.1, 0.15) is 0 Å². The van der Waals surface area contributed by atoms with Crippen LogP contribution in [-0.4, -0.2) is 59.5 Å². The van der Waals surface area contributed by atoms with Crippen molar-refractivity contribution >= 4 is 34.7 Å². The molecular weight excluding hydrogens is 476 g/mol. The minimum atomic E-state index is -1.26. The lowest BCUT2D eigenvalue weighted by Crippen LogP contribution is -2.31. The van der Waals surface area contributed by atoms with Crippen LogP contribution < -0.4 is 0 Å². The molecule has 0 atom stereocenters. The molecular formula is C27H24N4O6. The Hall–Kier alpha value is -4.99. The van der Waals surface area contributed by atoms with Crippen molar-refractivity contribution < 1.29 is 29.4 Å². The largest absolute Gasteiger partial charge is 0.478 e. The standard InChI is InChI=1S/C23H20N4O2.C4H4O4/c28-22-19-7-1-2-8-20(19)23(29)27(22)12-5-11-26-15-17(14-25-13-10-24-16-25)18-6-3-4-9-21(18)26;5-3(6)1-2-4(7)8/h1-4,6-10,13,15-16H,5,11-12,14H2;1-2H,(H,5,6)(H,7,8)/b;2-1+. The summed E-state index contributed by atoms with van der Waals surface area (Å²) in [5, 5.41) is 16.8. The summed E-state index contributed by atoms with van der Waals surface area (Å²) in [6, 6.07) is 15.3. The van der Waals surface area contributed by atoms with Gasteiger partial charge in [-0.15, -0.1) is 0 Å². The third kappa shape index (κ3) is 5.81. The van der Waals surface area contributed by atoms with Gasteiger partial charge in [-0.3, -0.25) is 14.5 Å². The van der Waals surface area contributed by atoms with E-state index in [2.05, 4.69) is 27.9 Å². The highest BCUT2D eigenvalue weighted by atomic mass is 16.4. The summed E-state index contributed by atoms with van der Waals surface area (Å²) in [6.45, 7) is 1.90. The van der Waals surface area contributed by atoms with Crippen LogP contribution in [0.1, 0.15) is 32.7 Å². The normalized spacial score (nSPS) is 12.6. The first-order valence-electron chi connectivity index (χ1n) is 11.5. The van der Waals surface area contributed by atoms with Gasteiger partial charge in [-0.05, 0) is 30.2 Å². The van der Waals surface area contributed by atoms with Crippen LogP contribution in [0.4, 0.5) is 0 Å². The van der Waals surface area contributed by atoms with Gasteiger partial charge in [-0.1, -0.05) is 30.3 Å². The summed E-state index contributed by atoms with van der Waals surface area (Å²) in [5.74, 6) is -2.90. The van der Waals surface area contributed by atoms with Crippen LogP contribution in [0.3, 0.4) is 0 Å². The number of amides is 2. The van der Waals surface area contributed by atoms with Crippen molar-refractivity contribution in [3.63, 3.8) is 0 Å². The molecule has 0 aliphatic carbocycles. The monoisotopic (exact) mass is 500 g/mol. The average molecular weight is 501 g/mol. The number of para-hydroxylation sites is 1. The maximum atomic E-state index is 12.5. The molecule has 0 saturated heterocycles. The highest BCUT2D eigenvalue weighted by Crippen LogP contribution is 2.24. The second-order valence-electron chi connectivity index (χ2n) is 8.27. The van der Waals surface area contributed by atoms with Gasteiger partial charge < -0.3 is 19.3 Å². The molecule has 1 aliphatic rings. The number of imidazole rings is 1. The van der Waals surface area contributed by atoms with Gasteiger partial charge in [-0.25, -0.2) is 14.6 Å². The maximum Gasteiger partial charge on any atom is 0.328 e. The van der Waals surface area contributed by atoms with Gasteiger partial charge in [-0.2, -0.15) is 0 Å². The Kier molecular flexibility index (Phi) is 7.58. The first-order valence-corrected chi connectivity index (χ1v) is 11.5. The van der Waals surface area contributed by atoms with Crippen LogP contribution in [0.2, 0.25) is 0 Å². The van der Waals surface area contributed by atoms with E-state index in [4.69, 9.17) is 10.2 Å². The number of imide groups is 1. The molecule has 188 valence electrons. The average Bonchev–Trinajstić information content (AvgIpc) is 3.59. The minimum Gasteiger partial charge on any atom is -0.478 e. The molecule has 0 spiro atoms. The molecule has 4 aromatic rings. The van der Waals surface area contributed by atoms with Gasteiger partial charge in [0.15, 0.2) is 0 Å². The van der Waals surface area contributed by atoms with Crippen LogP contribution in [0, 0.1) is 0 Å². The highest BCUT2D eigenvalue weighted by Gasteiger charge is 2.34. The van der Waals surface area contributed by atoms with Crippen molar-refractivity contribution in [2.45, 2.75) is 19.5 Å². The molecule has 10 nitrogen and oxygen atoms in total. The number of carboxylic acids is 2. The lowest BCUT2D eigenvalue weighted by Gasteiger charge is -2.14. The number of nitrogens with zero attached hydrogens (tertiary/aromatic N) is 4. The van der Waals surface area contributed by atoms with Crippen molar-refractivity contribution in [1.29, 1.82) is 0 Å². The number of fused-ring (bicyclic) bond motifs is 2. The first kappa shape index (κ1) is 25.1. The summed E-state index contributed by atoms with van der Waals surface area (Å²) in [7, 11) is 0. The molecule has 2 N–H and O–H groups in total. The van der Waals surface area contributed by atoms with E-state index in [-0.39, 0.29) is 11.8 Å². The minimum absolute atomic E-state index is 0.191. The zero-order valence-electron chi connectivity index (χ0n) is 19.7. The number of benzene rings is 2. The Morgan fingerprint density at radius 2 is 1.49 bits per heavy atom. The van der Waals surface area contributed by atoms with Gasteiger partial charge in [0, 0.05) is 54.7 Å². The summed E-state index contributed by atoms with van der Waals surface area (Å²) < 4.78 is 4.25. The lowest BCUT2D eigenvalue weighted by molar-refractivity contribution is -0.134. The Balaban J connectivity index is 0.000000349. The Labute approximate surface area is 211 Å². The Morgan fingerprint density at radius 1 is 0.865 bits per heavy atom. The van der Waals surface area contributed by atoms with Crippen LogP contribution in [0.5, 0.6) is 0 Å². The first-order chi connectivity index (χ1) is 17.8. The van der Waals surface area contributed by atoms with Crippen LogP contribution in [0.15, 0.2) is 85.6 Å². The SMILES string of the molecule is O=C(O)/C=C/C(=O)O.O=C1c2ccccc2C(=O)N1CCCn1cc(Cn2ccnc2)c2ccccc21. The predicted octanol–water partition coefficient (Wildman–Crippen LogP) is 3.28. The molecule has 37 heavy (non-hydrogen) atoms. The van der Waals surface area contributed by atoms with Crippen LogP contribution in [-0.2, 0) is 22.7 Å². The number of carboxylic acid groups (broad SMARTS) is 2. The molecule has 0 bridgehead atoms. The molecule has 2 aromatic heterocycles. The Bertz CT molecular complexity index is 1430. The van der Waals surface area contributed by atoms with E-state index >= 15 is 0 Å². The fraction of sp³-hybridized carbons (Fsp3) is 0.148. The summed E-state index contributed by atoms with van der Waals surface area (Å²) >= 11 is 0. The van der Waals surface area contributed by atoms with Crippen molar-refractivity contribution in [3.05, 3.63) is 102 Å². The van der Waals surface area contributed by atoms with E-state index in [1.807, 2.05) is 29.2 Å². The number of aliphatic carboxylic acids is 2. The Morgan fingerprint density at radius 3 is 2.08 bits per heavy atom. The van der Waals surface area contributed by atoms with E-state index in [0.717, 1.165) is 18.6 Å². The number of rotatable bonds is 8. The topological polar surface area (TPSA) is 135 Å². The molecule has 0 unspecified atom stereocenters. The van der Waals surface area contributed by atoms with Gasteiger partial charge in [0.25, 0.3) is 11.8 Å². The number of aromatic nitrogens is 3. The van der Waals surface area contributed by atoms with Crippen LogP contribution >= 0.6 is 0 Å². The molecule has 0 fully saturated rings. The number of hydrogen-bond acceptors (Lipinski definition) is 5.